The number of fused-ring (bicyclic) bond motifs is 1. The summed E-state index contributed by atoms with van der Waals surface area (Å²) in [5.74, 6) is 1.21. The van der Waals surface area contributed by atoms with E-state index in [0.29, 0.717) is 5.82 Å². The average molecular weight is 336 g/mol. The zero-order valence-corrected chi connectivity index (χ0v) is 14.4. The van der Waals surface area contributed by atoms with Crippen molar-refractivity contribution in [3.63, 3.8) is 0 Å². The van der Waals surface area contributed by atoms with Gasteiger partial charge in [-0.25, -0.2) is 0 Å². The topological polar surface area (TPSA) is 68.5 Å². The summed E-state index contributed by atoms with van der Waals surface area (Å²) in [7, 11) is 1.61. The molecule has 3 rings (SSSR count). The summed E-state index contributed by atoms with van der Waals surface area (Å²) < 4.78 is 7.18. The van der Waals surface area contributed by atoms with E-state index in [1.807, 2.05) is 60.8 Å². The van der Waals surface area contributed by atoms with Gasteiger partial charge >= 0.3 is 0 Å². The van der Waals surface area contributed by atoms with Crippen LogP contribution in [0.25, 0.3) is 11.7 Å². The molecule has 0 bridgehead atoms. The number of benzene rings is 1. The highest BCUT2D eigenvalue weighted by Crippen LogP contribution is 2.21. The Morgan fingerprint density at radius 2 is 2.12 bits per heavy atom. The molecule has 1 unspecified atom stereocenters. The lowest BCUT2D eigenvalue weighted by Crippen LogP contribution is -2.26. The minimum absolute atomic E-state index is 0.205. The van der Waals surface area contributed by atoms with Gasteiger partial charge in [0.05, 0.1) is 13.2 Å². The lowest BCUT2D eigenvalue weighted by Gasteiger charge is -2.11. The van der Waals surface area contributed by atoms with E-state index in [9.17, 15) is 4.79 Å². The molecule has 2 aromatic heterocycles. The van der Waals surface area contributed by atoms with E-state index < -0.39 is 0 Å². The van der Waals surface area contributed by atoms with Crippen LogP contribution in [0.1, 0.15) is 29.9 Å². The summed E-state index contributed by atoms with van der Waals surface area (Å²) in [6, 6.07) is 11.2. The molecule has 1 N–H and O–H groups in total. The second kappa shape index (κ2) is 7.17. The number of aryl methyl sites for hydroxylation is 1. The van der Waals surface area contributed by atoms with E-state index in [2.05, 4.69) is 15.5 Å². The third-order valence-electron chi connectivity index (χ3n) is 3.89. The van der Waals surface area contributed by atoms with Gasteiger partial charge in [0, 0.05) is 17.8 Å². The van der Waals surface area contributed by atoms with Crippen LogP contribution in [0.3, 0.4) is 0 Å². The molecule has 0 aliphatic heterocycles. The molecule has 128 valence electrons. The Kier molecular flexibility index (Phi) is 4.79. The maximum Gasteiger partial charge on any atom is 0.244 e. The van der Waals surface area contributed by atoms with Gasteiger partial charge in [-0.2, -0.15) is 0 Å². The van der Waals surface area contributed by atoms with E-state index in [4.69, 9.17) is 4.74 Å². The Balaban J connectivity index is 1.73. The van der Waals surface area contributed by atoms with Crippen molar-refractivity contribution in [2.45, 2.75) is 19.9 Å². The number of aromatic nitrogens is 3. The van der Waals surface area contributed by atoms with Crippen molar-refractivity contribution in [1.82, 2.24) is 19.9 Å². The number of amides is 1. The number of hydrogen-bond acceptors (Lipinski definition) is 4. The largest absolute Gasteiger partial charge is 0.496 e. The van der Waals surface area contributed by atoms with Gasteiger partial charge in [-0.05, 0) is 44.2 Å². The number of ether oxygens (including phenoxy) is 1. The highest BCUT2D eigenvalue weighted by molar-refractivity contribution is 5.92. The first-order chi connectivity index (χ1) is 12.1. The Bertz CT molecular complexity index is 930. The SMILES string of the molecule is COc1ccc(C)cc1/C=C/C(=O)NC(C)c1nnc2ccccn12. The summed E-state index contributed by atoms with van der Waals surface area (Å²) >= 11 is 0. The smallest absolute Gasteiger partial charge is 0.244 e. The van der Waals surface area contributed by atoms with Crippen molar-refractivity contribution in [2.75, 3.05) is 7.11 Å². The van der Waals surface area contributed by atoms with Crippen molar-refractivity contribution >= 4 is 17.6 Å². The summed E-state index contributed by atoms with van der Waals surface area (Å²) in [6.07, 6.45) is 5.12. The molecule has 6 nitrogen and oxygen atoms in total. The summed E-state index contributed by atoms with van der Waals surface area (Å²) in [6.45, 7) is 3.87. The lowest BCUT2D eigenvalue weighted by molar-refractivity contribution is -0.117. The predicted octanol–water partition coefficient (Wildman–Crippen LogP) is 2.94. The average Bonchev–Trinajstić information content (AvgIpc) is 3.04. The van der Waals surface area contributed by atoms with Gasteiger partial charge in [-0.15, -0.1) is 10.2 Å². The number of carbonyl (C=O) groups is 1. The third-order valence-corrected chi connectivity index (χ3v) is 3.89. The monoisotopic (exact) mass is 336 g/mol. The Morgan fingerprint density at radius 1 is 1.28 bits per heavy atom. The van der Waals surface area contributed by atoms with Crippen LogP contribution in [-0.2, 0) is 4.79 Å². The van der Waals surface area contributed by atoms with Gasteiger partial charge in [0.1, 0.15) is 5.75 Å². The molecule has 3 aromatic rings. The molecular formula is C19H20N4O2. The van der Waals surface area contributed by atoms with E-state index in [0.717, 1.165) is 22.5 Å². The quantitative estimate of drug-likeness (QED) is 0.727. The fraction of sp³-hybridized carbons (Fsp3) is 0.211. The van der Waals surface area contributed by atoms with Gasteiger partial charge in [0.15, 0.2) is 11.5 Å². The van der Waals surface area contributed by atoms with E-state index in [-0.39, 0.29) is 11.9 Å². The minimum atomic E-state index is -0.269. The Labute approximate surface area is 146 Å². The molecule has 0 saturated heterocycles. The molecule has 2 heterocycles. The standard InChI is InChI=1S/C19H20N4O2/c1-13-7-9-16(25-3)15(12-13)8-10-18(24)20-14(2)19-22-21-17-6-4-5-11-23(17)19/h4-12,14H,1-3H3,(H,20,24)/b10-8+. The van der Waals surface area contributed by atoms with Crippen molar-refractivity contribution in [3.8, 4) is 5.75 Å². The number of nitrogens with one attached hydrogen (secondary N) is 1. The van der Waals surface area contributed by atoms with Crippen molar-refractivity contribution in [1.29, 1.82) is 0 Å². The fourth-order valence-corrected chi connectivity index (χ4v) is 2.63. The summed E-state index contributed by atoms with van der Waals surface area (Å²) in [4.78, 5) is 12.2. The highest BCUT2D eigenvalue weighted by Gasteiger charge is 2.14. The lowest BCUT2D eigenvalue weighted by atomic mass is 10.1. The molecule has 0 spiro atoms. The van der Waals surface area contributed by atoms with E-state index in [1.54, 1.807) is 13.2 Å². The maximum absolute atomic E-state index is 12.2. The second-order valence-corrected chi connectivity index (χ2v) is 5.80. The molecule has 6 heteroatoms. The van der Waals surface area contributed by atoms with Crippen molar-refractivity contribution in [2.24, 2.45) is 0 Å². The molecule has 25 heavy (non-hydrogen) atoms. The molecule has 0 aliphatic rings. The molecule has 0 radical (unpaired) electrons. The van der Waals surface area contributed by atoms with Crippen LogP contribution in [0.2, 0.25) is 0 Å². The highest BCUT2D eigenvalue weighted by atomic mass is 16.5. The molecular weight excluding hydrogens is 316 g/mol. The molecule has 0 saturated carbocycles. The van der Waals surface area contributed by atoms with Crippen LogP contribution in [0.4, 0.5) is 0 Å². The zero-order chi connectivity index (χ0) is 17.8. The van der Waals surface area contributed by atoms with Gasteiger partial charge in [-0.3, -0.25) is 9.20 Å². The van der Waals surface area contributed by atoms with Crippen LogP contribution >= 0.6 is 0 Å². The van der Waals surface area contributed by atoms with E-state index >= 15 is 0 Å². The first-order valence-corrected chi connectivity index (χ1v) is 8.01. The van der Waals surface area contributed by atoms with Crippen LogP contribution in [-0.4, -0.2) is 27.6 Å². The van der Waals surface area contributed by atoms with Gasteiger partial charge < -0.3 is 10.1 Å². The summed E-state index contributed by atoms with van der Waals surface area (Å²) in [5, 5.41) is 11.2. The Morgan fingerprint density at radius 3 is 2.92 bits per heavy atom. The van der Waals surface area contributed by atoms with Crippen molar-refractivity contribution < 1.29 is 9.53 Å². The number of carbonyl (C=O) groups excluding carboxylic acids is 1. The fourth-order valence-electron chi connectivity index (χ4n) is 2.63. The molecule has 0 fully saturated rings. The van der Waals surface area contributed by atoms with Crippen LogP contribution in [0, 0.1) is 6.92 Å². The first-order valence-electron chi connectivity index (χ1n) is 8.01. The molecule has 1 atom stereocenters. The van der Waals surface area contributed by atoms with Gasteiger partial charge in [-0.1, -0.05) is 17.7 Å². The van der Waals surface area contributed by atoms with Crippen molar-refractivity contribution in [3.05, 3.63) is 65.6 Å². The van der Waals surface area contributed by atoms with Crippen LogP contribution < -0.4 is 10.1 Å². The van der Waals surface area contributed by atoms with Crippen LogP contribution in [0.15, 0.2) is 48.7 Å². The number of nitrogens with zero attached hydrogens (tertiary/aromatic N) is 3. The number of rotatable bonds is 5. The summed E-state index contributed by atoms with van der Waals surface area (Å²) in [5.41, 5.74) is 2.71. The Hall–Kier alpha value is -3.15. The molecule has 1 aromatic carbocycles. The first kappa shape index (κ1) is 16.7. The zero-order valence-electron chi connectivity index (χ0n) is 14.4. The number of pyridine rings is 1. The molecule has 0 aliphatic carbocycles. The minimum Gasteiger partial charge on any atom is -0.496 e. The third kappa shape index (κ3) is 3.68. The van der Waals surface area contributed by atoms with Gasteiger partial charge in [0.25, 0.3) is 0 Å². The molecule has 1 amide bonds. The number of methoxy groups -OCH3 is 1. The van der Waals surface area contributed by atoms with E-state index in [1.165, 1.54) is 6.08 Å². The normalized spacial score (nSPS) is 12.4. The maximum atomic E-state index is 12.2. The number of hydrogen-bond donors (Lipinski definition) is 1. The predicted molar refractivity (Wildman–Crippen MR) is 96.3 cm³/mol. The van der Waals surface area contributed by atoms with Crippen LogP contribution in [0.5, 0.6) is 5.75 Å². The van der Waals surface area contributed by atoms with Gasteiger partial charge in [0.2, 0.25) is 5.91 Å². The second-order valence-electron chi connectivity index (χ2n) is 5.80.